The molecule has 1 N–H and O–H groups in total. The van der Waals surface area contributed by atoms with Crippen LogP contribution < -0.4 is 5.32 Å². The summed E-state index contributed by atoms with van der Waals surface area (Å²) in [5.74, 6) is 0.639. The van der Waals surface area contributed by atoms with E-state index in [1.165, 1.54) is 51.7 Å². The van der Waals surface area contributed by atoms with Crippen molar-refractivity contribution in [1.82, 2.24) is 10.2 Å². The Balaban J connectivity index is 1.94. The van der Waals surface area contributed by atoms with E-state index in [0.29, 0.717) is 11.5 Å². The second-order valence-electron chi connectivity index (χ2n) is 6.42. The predicted molar refractivity (Wildman–Crippen MR) is 75.9 cm³/mol. The molecule has 1 aliphatic carbocycles. The van der Waals surface area contributed by atoms with Gasteiger partial charge in [0.05, 0.1) is 0 Å². The van der Waals surface area contributed by atoms with Crippen molar-refractivity contribution < 1.29 is 4.74 Å². The van der Waals surface area contributed by atoms with Crippen molar-refractivity contribution in [2.45, 2.75) is 57.5 Å². The van der Waals surface area contributed by atoms with E-state index in [1.54, 1.807) is 0 Å². The monoisotopic (exact) mass is 254 g/mol. The molecule has 1 saturated heterocycles. The first-order valence-corrected chi connectivity index (χ1v) is 7.67. The quantitative estimate of drug-likeness (QED) is 0.814. The third kappa shape index (κ3) is 3.25. The van der Waals surface area contributed by atoms with E-state index in [0.717, 1.165) is 12.6 Å². The average molecular weight is 254 g/mol. The van der Waals surface area contributed by atoms with Crippen LogP contribution in [0.2, 0.25) is 0 Å². The van der Waals surface area contributed by atoms with Crippen LogP contribution in [0.15, 0.2) is 0 Å². The first-order chi connectivity index (χ1) is 8.69. The number of methoxy groups -OCH3 is 1. The first kappa shape index (κ1) is 14.3. The third-order valence-electron chi connectivity index (χ3n) is 4.76. The zero-order valence-corrected chi connectivity index (χ0v) is 12.4. The summed E-state index contributed by atoms with van der Waals surface area (Å²) >= 11 is 0. The Bertz CT molecular complexity index is 251. The van der Waals surface area contributed by atoms with Gasteiger partial charge >= 0.3 is 0 Å². The van der Waals surface area contributed by atoms with Gasteiger partial charge in [0, 0.05) is 44.9 Å². The number of rotatable bonds is 5. The molecule has 0 amide bonds. The van der Waals surface area contributed by atoms with Crippen LogP contribution in [0, 0.1) is 5.92 Å². The highest BCUT2D eigenvalue weighted by Gasteiger charge is 2.40. The van der Waals surface area contributed by atoms with Gasteiger partial charge in [-0.2, -0.15) is 0 Å². The molecule has 0 aromatic heterocycles. The van der Waals surface area contributed by atoms with E-state index in [1.807, 2.05) is 7.11 Å². The maximum absolute atomic E-state index is 5.29. The highest BCUT2D eigenvalue weighted by Crippen LogP contribution is 2.33. The number of hydrogen-bond donors (Lipinski definition) is 1. The van der Waals surface area contributed by atoms with Crippen molar-refractivity contribution in [3.8, 4) is 0 Å². The van der Waals surface area contributed by atoms with E-state index in [-0.39, 0.29) is 0 Å². The van der Waals surface area contributed by atoms with Crippen LogP contribution in [-0.4, -0.2) is 49.8 Å². The Morgan fingerprint density at radius 3 is 2.72 bits per heavy atom. The van der Waals surface area contributed by atoms with Gasteiger partial charge in [-0.05, 0) is 25.2 Å². The molecule has 2 fully saturated rings. The van der Waals surface area contributed by atoms with E-state index < -0.39 is 0 Å². The van der Waals surface area contributed by atoms with Crippen LogP contribution >= 0.6 is 0 Å². The van der Waals surface area contributed by atoms with Crippen LogP contribution in [0.3, 0.4) is 0 Å². The summed E-state index contributed by atoms with van der Waals surface area (Å²) in [6.07, 6.45) is 6.82. The second kappa shape index (κ2) is 6.36. The summed E-state index contributed by atoms with van der Waals surface area (Å²) < 4.78 is 5.29. The van der Waals surface area contributed by atoms with E-state index in [9.17, 15) is 0 Å². The minimum Gasteiger partial charge on any atom is -0.384 e. The Kier molecular flexibility index (Phi) is 5.05. The van der Waals surface area contributed by atoms with Crippen molar-refractivity contribution in [1.29, 1.82) is 0 Å². The number of piperazine rings is 1. The Morgan fingerprint density at radius 1 is 1.39 bits per heavy atom. The molecule has 1 spiro atoms. The molecule has 18 heavy (non-hydrogen) atoms. The lowest BCUT2D eigenvalue weighted by Crippen LogP contribution is -2.63. The van der Waals surface area contributed by atoms with Crippen LogP contribution in [0.5, 0.6) is 0 Å². The van der Waals surface area contributed by atoms with Crippen molar-refractivity contribution in [2.75, 3.05) is 33.4 Å². The Morgan fingerprint density at radius 2 is 2.11 bits per heavy atom. The molecule has 2 rings (SSSR count). The number of nitrogens with zero attached hydrogens (tertiary/aromatic N) is 1. The summed E-state index contributed by atoms with van der Waals surface area (Å²) in [4.78, 5) is 2.73. The summed E-state index contributed by atoms with van der Waals surface area (Å²) in [5, 5.41) is 3.86. The van der Waals surface area contributed by atoms with Gasteiger partial charge in [-0.1, -0.05) is 26.7 Å². The van der Waals surface area contributed by atoms with Crippen molar-refractivity contribution in [3.05, 3.63) is 0 Å². The van der Waals surface area contributed by atoms with Crippen LogP contribution in [0.25, 0.3) is 0 Å². The van der Waals surface area contributed by atoms with Gasteiger partial charge in [0.15, 0.2) is 0 Å². The zero-order chi connectivity index (χ0) is 13.0. The summed E-state index contributed by atoms with van der Waals surface area (Å²) in [5.41, 5.74) is 0.443. The van der Waals surface area contributed by atoms with Crippen molar-refractivity contribution in [2.24, 2.45) is 5.92 Å². The number of ether oxygens (including phenoxy) is 1. The molecule has 0 aromatic rings. The molecule has 2 unspecified atom stereocenters. The van der Waals surface area contributed by atoms with Gasteiger partial charge in [-0.3, -0.25) is 4.90 Å². The van der Waals surface area contributed by atoms with E-state index in [2.05, 4.69) is 24.1 Å². The zero-order valence-electron chi connectivity index (χ0n) is 12.4. The van der Waals surface area contributed by atoms with Crippen LogP contribution in [-0.2, 0) is 4.74 Å². The lowest BCUT2D eigenvalue weighted by molar-refractivity contribution is 0.0496. The Labute approximate surface area is 112 Å². The first-order valence-electron chi connectivity index (χ1n) is 7.67. The largest absolute Gasteiger partial charge is 0.384 e. The van der Waals surface area contributed by atoms with Gasteiger partial charge in [-0.15, -0.1) is 0 Å². The number of hydrogen-bond acceptors (Lipinski definition) is 3. The SMILES string of the molecule is CCC1CNC2(CCCC2)CN1CC(C)COC. The molecule has 0 radical (unpaired) electrons. The molecule has 1 heterocycles. The minimum atomic E-state index is 0.443. The van der Waals surface area contributed by atoms with Crippen molar-refractivity contribution >= 4 is 0 Å². The molecule has 3 heteroatoms. The standard InChI is InChI=1S/C15H30N2O/c1-4-14-9-16-15(7-5-6-8-15)12-17(14)10-13(2)11-18-3/h13-14,16H,4-12H2,1-3H3. The van der Waals surface area contributed by atoms with Gasteiger partial charge in [0.1, 0.15) is 0 Å². The number of nitrogens with one attached hydrogen (secondary N) is 1. The summed E-state index contributed by atoms with van der Waals surface area (Å²) in [6.45, 7) is 9.12. The molecule has 106 valence electrons. The normalized spacial score (nSPS) is 29.8. The predicted octanol–water partition coefficient (Wildman–Crippen LogP) is 2.27. The lowest BCUT2D eigenvalue weighted by Gasteiger charge is -2.47. The van der Waals surface area contributed by atoms with E-state index in [4.69, 9.17) is 4.74 Å². The highest BCUT2D eigenvalue weighted by atomic mass is 16.5. The van der Waals surface area contributed by atoms with Crippen LogP contribution in [0.4, 0.5) is 0 Å². The smallest absolute Gasteiger partial charge is 0.0500 e. The molecule has 1 saturated carbocycles. The van der Waals surface area contributed by atoms with Crippen LogP contribution in [0.1, 0.15) is 46.0 Å². The minimum absolute atomic E-state index is 0.443. The van der Waals surface area contributed by atoms with Gasteiger partial charge in [-0.25, -0.2) is 0 Å². The Hall–Kier alpha value is -0.120. The lowest BCUT2D eigenvalue weighted by atomic mass is 9.91. The summed E-state index contributed by atoms with van der Waals surface area (Å²) in [7, 11) is 1.81. The fourth-order valence-electron chi connectivity index (χ4n) is 3.78. The molecular weight excluding hydrogens is 224 g/mol. The van der Waals surface area contributed by atoms with Gasteiger partial charge in [0.2, 0.25) is 0 Å². The van der Waals surface area contributed by atoms with Gasteiger partial charge in [0.25, 0.3) is 0 Å². The maximum Gasteiger partial charge on any atom is 0.0500 e. The average Bonchev–Trinajstić information content (AvgIpc) is 2.78. The molecule has 0 bridgehead atoms. The van der Waals surface area contributed by atoms with E-state index >= 15 is 0 Å². The molecule has 1 aliphatic heterocycles. The second-order valence-corrected chi connectivity index (χ2v) is 6.42. The molecular formula is C15H30N2O. The summed E-state index contributed by atoms with van der Waals surface area (Å²) in [6, 6.07) is 0.718. The fourth-order valence-corrected chi connectivity index (χ4v) is 3.78. The molecule has 2 aliphatic rings. The van der Waals surface area contributed by atoms with Crippen molar-refractivity contribution in [3.63, 3.8) is 0 Å². The molecule has 0 aromatic carbocycles. The fraction of sp³-hybridized carbons (Fsp3) is 1.00. The maximum atomic E-state index is 5.29. The third-order valence-corrected chi connectivity index (χ3v) is 4.76. The molecule has 3 nitrogen and oxygen atoms in total. The van der Waals surface area contributed by atoms with Gasteiger partial charge < -0.3 is 10.1 Å². The molecule has 2 atom stereocenters. The highest BCUT2D eigenvalue weighted by molar-refractivity contribution is 5.00. The topological polar surface area (TPSA) is 24.5 Å².